The van der Waals surface area contributed by atoms with Crippen molar-refractivity contribution < 1.29 is 9.90 Å². The SMILES string of the molecule is CC(CC(=O)O)Cc1nc2cccnc2n1C1CC1. The number of pyridine rings is 1. The number of carboxylic acids is 1. The summed E-state index contributed by atoms with van der Waals surface area (Å²) in [5.41, 5.74) is 1.84. The standard InChI is InChI=1S/C14H17N3O2/c1-9(8-13(18)19)7-12-16-11-3-2-6-15-14(11)17(12)10-4-5-10/h2-3,6,9-10H,4-5,7-8H2,1H3,(H,18,19). The van der Waals surface area contributed by atoms with Crippen LogP contribution in [-0.4, -0.2) is 25.6 Å². The molecule has 1 N–H and O–H groups in total. The Labute approximate surface area is 111 Å². The van der Waals surface area contributed by atoms with E-state index in [1.54, 1.807) is 6.20 Å². The van der Waals surface area contributed by atoms with Crippen molar-refractivity contribution >= 4 is 17.1 Å². The lowest BCUT2D eigenvalue weighted by molar-refractivity contribution is -0.137. The number of fused-ring (bicyclic) bond motifs is 1. The predicted octanol–water partition coefficient (Wildman–Crippen LogP) is 2.42. The first-order valence-electron chi connectivity index (χ1n) is 6.68. The Morgan fingerprint density at radius 3 is 3.05 bits per heavy atom. The van der Waals surface area contributed by atoms with Crippen LogP contribution in [0.1, 0.15) is 38.1 Å². The quantitative estimate of drug-likeness (QED) is 0.895. The molecular weight excluding hydrogens is 242 g/mol. The van der Waals surface area contributed by atoms with Gasteiger partial charge in [-0.25, -0.2) is 9.97 Å². The smallest absolute Gasteiger partial charge is 0.303 e. The molecule has 0 radical (unpaired) electrons. The van der Waals surface area contributed by atoms with Gasteiger partial charge in [0.1, 0.15) is 11.3 Å². The molecule has 19 heavy (non-hydrogen) atoms. The van der Waals surface area contributed by atoms with Crippen LogP contribution in [0.2, 0.25) is 0 Å². The Bertz CT molecular complexity index is 616. The van der Waals surface area contributed by atoms with Crippen LogP contribution in [0, 0.1) is 5.92 Å². The fourth-order valence-corrected chi connectivity index (χ4v) is 2.52. The average molecular weight is 259 g/mol. The molecule has 0 amide bonds. The van der Waals surface area contributed by atoms with Crippen molar-refractivity contribution in [2.24, 2.45) is 5.92 Å². The Hall–Kier alpha value is -1.91. The summed E-state index contributed by atoms with van der Waals surface area (Å²) in [5, 5.41) is 8.85. The summed E-state index contributed by atoms with van der Waals surface area (Å²) in [5.74, 6) is 0.316. The van der Waals surface area contributed by atoms with Gasteiger partial charge in [0.2, 0.25) is 0 Å². The van der Waals surface area contributed by atoms with E-state index in [9.17, 15) is 4.79 Å². The van der Waals surface area contributed by atoms with E-state index in [1.807, 2.05) is 19.1 Å². The predicted molar refractivity (Wildman–Crippen MR) is 70.9 cm³/mol. The van der Waals surface area contributed by atoms with Gasteiger partial charge in [-0.1, -0.05) is 6.92 Å². The fourth-order valence-electron chi connectivity index (χ4n) is 2.52. The Morgan fingerprint density at radius 2 is 2.37 bits per heavy atom. The molecule has 1 saturated carbocycles. The third kappa shape index (κ3) is 2.45. The number of hydrogen-bond acceptors (Lipinski definition) is 3. The van der Waals surface area contributed by atoms with E-state index in [4.69, 9.17) is 5.11 Å². The number of carbonyl (C=O) groups is 1. The Morgan fingerprint density at radius 1 is 1.58 bits per heavy atom. The lowest BCUT2D eigenvalue weighted by atomic mass is 10.0. The van der Waals surface area contributed by atoms with Gasteiger partial charge < -0.3 is 9.67 Å². The van der Waals surface area contributed by atoms with E-state index in [0.717, 1.165) is 17.0 Å². The minimum absolute atomic E-state index is 0.0896. The molecule has 1 aliphatic carbocycles. The highest BCUT2D eigenvalue weighted by atomic mass is 16.4. The van der Waals surface area contributed by atoms with Crippen LogP contribution in [0.15, 0.2) is 18.3 Å². The van der Waals surface area contributed by atoms with Crippen LogP contribution in [0.5, 0.6) is 0 Å². The van der Waals surface area contributed by atoms with Gasteiger partial charge in [0, 0.05) is 25.1 Å². The highest BCUT2D eigenvalue weighted by molar-refractivity contribution is 5.71. The normalized spacial score (nSPS) is 16.7. The third-order valence-electron chi connectivity index (χ3n) is 3.49. The first kappa shape index (κ1) is 12.1. The van der Waals surface area contributed by atoms with Gasteiger partial charge in [-0.3, -0.25) is 4.79 Å². The van der Waals surface area contributed by atoms with Crippen molar-refractivity contribution in [3.05, 3.63) is 24.2 Å². The highest BCUT2D eigenvalue weighted by Gasteiger charge is 2.29. The zero-order chi connectivity index (χ0) is 13.4. The summed E-state index contributed by atoms with van der Waals surface area (Å²) >= 11 is 0. The largest absolute Gasteiger partial charge is 0.481 e. The lowest BCUT2D eigenvalue weighted by Gasteiger charge is -2.10. The van der Waals surface area contributed by atoms with E-state index >= 15 is 0 Å². The second-order valence-corrected chi connectivity index (χ2v) is 5.38. The molecule has 0 saturated heterocycles. The van der Waals surface area contributed by atoms with Crippen LogP contribution >= 0.6 is 0 Å². The molecule has 1 unspecified atom stereocenters. The fraction of sp³-hybridized carbons (Fsp3) is 0.500. The lowest BCUT2D eigenvalue weighted by Crippen LogP contribution is -2.11. The van der Waals surface area contributed by atoms with Gasteiger partial charge in [-0.15, -0.1) is 0 Å². The molecule has 1 fully saturated rings. The first-order valence-corrected chi connectivity index (χ1v) is 6.68. The molecule has 2 heterocycles. The van der Waals surface area contributed by atoms with Gasteiger partial charge in [0.15, 0.2) is 5.65 Å². The molecule has 0 aliphatic heterocycles. The van der Waals surface area contributed by atoms with E-state index in [2.05, 4.69) is 14.5 Å². The summed E-state index contributed by atoms with van der Waals surface area (Å²) in [4.78, 5) is 19.8. The van der Waals surface area contributed by atoms with E-state index in [-0.39, 0.29) is 12.3 Å². The van der Waals surface area contributed by atoms with Crippen LogP contribution < -0.4 is 0 Å². The molecule has 1 aliphatic rings. The zero-order valence-electron chi connectivity index (χ0n) is 10.9. The molecular formula is C14H17N3O2. The van der Waals surface area contributed by atoms with Gasteiger partial charge >= 0.3 is 5.97 Å². The average Bonchev–Trinajstić information content (AvgIpc) is 3.10. The van der Waals surface area contributed by atoms with E-state index < -0.39 is 5.97 Å². The van der Waals surface area contributed by atoms with Crippen molar-refractivity contribution in [1.29, 1.82) is 0 Å². The van der Waals surface area contributed by atoms with Crippen molar-refractivity contribution in [3.63, 3.8) is 0 Å². The minimum Gasteiger partial charge on any atom is -0.481 e. The van der Waals surface area contributed by atoms with Crippen molar-refractivity contribution in [1.82, 2.24) is 14.5 Å². The topological polar surface area (TPSA) is 68.0 Å². The maximum Gasteiger partial charge on any atom is 0.303 e. The monoisotopic (exact) mass is 259 g/mol. The highest BCUT2D eigenvalue weighted by Crippen LogP contribution is 2.38. The molecule has 3 rings (SSSR count). The van der Waals surface area contributed by atoms with Crippen LogP contribution in [0.25, 0.3) is 11.2 Å². The molecule has 2 aromatic rings. The van der Waals surface area contributed by atoms with E-state index in [0.29, 0.717) is 12.5 Å². The number of aliphatic carboxylic acids is 1. The summed E-state index contributed by atoms with van der Waals surface area (Å²) < 4.78 is 2.20. The first-order chi connectivity index (χ1) is 9.15. The van der Waals surface area contributed by atoms with Gasteiger partial charge in [-0.05, 0) is 30.9 Å². The molecule has 0 spiro atoms. The number of rotatable bonds is 5. The Balaban J connectivity index is 1.93. The van der Waals surface area contributed by atoms with Crippen molar-refractivity contribution in [2.75, 3.05) is 0 Å². The molecule has 5 nitrogen and oxygen atoms in total. The van der Waals surface area contributed by atoms with Gasteiger partial charge in [0.05, 0.1) is 0 Å². The molecule has 0 aromatic carbocycles. The molecule has 5 heteroatoms. The summed E-state index contributed by atoms with van der Waals surface area (Å²) in [6, 6.07) is 4.36. The number of imidazole rings is 1. The van der Waals surface area contributed by atoms with Crippen LogP contribution in [0.3, 0.4) is 0 Å². The Kier molecular flexibility index (Phi) is 2.97. The minimum atomic E-state index is -0.750. The second-order valence-electron chi connectivity index (χ2n) is 5.38. The summed E-state index contributed by atoms with van der Waals surface area (Å²) in [7, 11) is 0. The third-order valence-corrected chi connectivity index (χ3v) is 3.49. The second kappa shape index (κ2) is 4.64. The molecule has 1 atom stereocenters. The van der Waals surface area contributed by atoms with Crippen molar-refractivity contribution in [3.8, 4) is 0 Å². The molecule has 2 aromatic heterocycles. The van der Waals surface area contributed by atoms with Crippen LogP contribution in [0.4, 0.5) is 0 Å². The maximum absolute atomic E-state index is 10.8. The van der Waals surface area contributed by atoms with E-state index in [1.165, 1.54) is 12.8 Å². The van der Waals surface area contributed by atoms with Crippen LogP contribution in [-0.2, 0) is 11.2 Å². The molecule has 0 bridgehead atoms. The van der Waals surface area contributed by atoms with Crippen molar-refractivity contribution in [2.45, 2.75) is 38.6 Å². The molecule has 100 valence electrons. The maximum atomic E-state index is 10.8. The number of carboxylic acid groups (broad SMARTS) is 1. The number of nitrogens with zero attached hydrogens (tertiary/aromatic N) is 3. The summed E-state index contributed by atoms with van der Waals surface area (Å²) in [6.45, 7) is 1.96. The zero-order valence-corrected chi connectivity index (χ0v) is 10.9. The summed E-state index contributed by atoms with van der Waals surface area (Å²) in [6.07, 6.45) is 5.00. The van der Waals surface area contributed by atoms with Gasteiger partial charge in [-0.2, -0.15) is 0 Å². The number of aromatic nitrogens is 3. The number of hydrogen-bond donors (Lipinski definition) is 1. The van der Waals surface area contributed by atoms with Gasteiger partial charge in [0.25, 0.3) is 0 Å².